The Kier molecular flexibility index (Phi) is 6.56. The highest BCUT2D eigenvalue weighted by molar-refractivity contribution is 6.30. The molecule has 0 saturated carbocycles. The van der Waals surface area contributed by atoms with Gasteiger partial charge in [0.15, 0.2) is 0 Å². The van der Waals surface area contributed by atoms with Crippen molar-refractivity contribution in [3.05, 3.63) is 83.0 Å². The number of halogens is 1. The molecule has 1 aromatic heterocycles. The van der Waals surface area contributed by atoms with Crippen molar-refractivity contribution in [2.24, 2.45) is 0 Å². The van der Waals surface area contributed by atoms with E-state index in [1.54, 1.807) is 61.8 Å². The zero-order valence-electron chi connectivity index (χ0n) is 17.6. The molecule has 0 radical (unpaired) electrons. The zero-order chi connectivity index (χ0) is 22.5. The highest BCUT2D eigenvalue weighted by atomic mass is 35.5. The molecule has 7 nitrogen and oxygen atoms in total. The van der Waals surface area contributed by atoms with Gasteiger partial charge in [0.1, 0.15) is 11.6 Å². The monoisotopic (exact) mass is 450 g/mol. The molecule has 1 N–H and O–H groups in total. The first kappa shape index (κ1) is 21.6. The van der Waals surface area contributed by atoms with E-state index in [1.165, 1.54) is 0 Å². The molecule has 1 aliphatic heterocycles. The van der Waals surface area contributed by atoms with Crippen molar-refractivity contribution in [2.45, 2.75) is 0 Å². The molecule has 0 unspecified atom stereocenters. The standard InChI is InChI=1S/C24H23ClN4O3/c1-32-21-9-4-17(5-10-21)23(30)27-20-8-11-22(26-16-20)28-12-14-29(15-13-28)24(31)18-2-6-19(25)7-3-18/h2-11,16H,12-15H2,1H3,(H,27,30). The molecule has 0 atom stereocenters. The minimum absolute atomic E-state index is 0.00543. The van der Waals surface area contributed by atoms with E-state index < -0.39 is 0 Å². The van der Waals surface area contributed by atoms with E-state index in [2.05, 4.69) is 15.2 Å². The number of nitrogens with zero attached hydrogens (tertiary/aromatic N) is 3. The lowest BCUT2D eigenvalue weighted by Crippen LogP contribution is -2.49. The molecule has 164 valence electrons. The van der Waals surface area contributed by atoms with Gasteiger partial charge in [0, 0.05) is 42.3 Å². The Morgan fingerprint density at radius 2 is 1.56 bits per heavy atom. The molecule has 2 aromatic carbocycles. The third kappa shape index (κ3) is 5.00. The van der Waals surface area contributed by atoms with Crippen molar-refractivity contribution in [3.8, 4) is 5.75 Å². The summed E-state index contributed by atoms with van der Waals surface area (Å²) in [5, 5.41) is 3.46. The highest BCUT2D eigenvalue weighted by Crippen LogP contribution is 2.19. The van der Waals surface area contributed by atoms with Crippen LogP contribution in [0.2, 0.25) is 5.02 Å². The molecule has 3 aromatic rings. The number of nitrogens with one attached hydrogen (secondary N) is 1. The molecule has 2 heterocycles. The number of piperazine rings is 1. The van der Waals surface area contributed by atoms with Crippen molar-refractivity contribution in [3.63, 3.8) is 0 Å². The maximum atomic E-state index is 12.7. The number of anilines is 2. The number of benzene rings is 2. The smallest absolute Gasteiger partial charge is 0.255 e. The van der Waals surface area contributed by atoms with Crippen LogP contribution in [0.25, 0.3) is 0 Å². The fourth-order valence-electron chi connectivity index (χ4n) is 3.51. The third-order valence-electron chi connectivity index (χ3n) is 5.34. The minimum atomic E-state index is -0.212. The van der Waals surface area contributed by atoms with Gasteiger partial charge in [-0.05, 0) is 60.7 Å². The molecule has 0 aliphatic carbocycles. The largest absolute Gasteiger partial charge is 0.497 e. The molecule has 0 spiro atoms. The molecular formula is C24H23ClN4O3. The number of hydrogen-bond donors (Lipinski definition) is 1. The number of methoxy groups -OCH3 is 1. The lowest BCUT2D eigenvalue weighted by atomic mass is 10.2. The van der Waals surface area contributed by atoms with Crippen LogP contribution in [0.3, 0.4) is 0 Å². The molecule has 1 saturated heterocycles. The van der Waals surface area contributed by atoms with Crippen LogP contribution in [0.5, 0.6) is 5.75 Å². The summed E-state index contributed by atoms with van der Waals surface area (Å²) in [6.07, 6.45) is 1.64. The summed E-state index contributed by atoms with van der Waals surface area (Å²) < 4.78 is 5.11. The fourth-order valence-corrected chi connectivity index (χ4v) is 3.63. The van der Waals surface area contributed by atoms with Gasteiger partial charge in [0.25, 0.3) is 11.8 Å². The van der Waals surface area contributed by atoms with Crippen LogP contribution in [-0.2, 0) is 0 Å². The van der Waals surface area contributed by atoms with E-state index in [0.29, 0.717) is 53.8 Å². The van der Waals surface area contributed by atoms with Gasteiger partial charge in [0.05, 0.1) is 19.0 Å². The Bertz CT molecular complexity index is 1080. The number of rotatable bonds is 5. The van der Waals surface area contributed by atoms with Crippen LogP contribution in [0, 0.1) is 0 Å². The first-order valence-corrected chi connectivity index (χ1v) is 10.6. The number of carbonyl (C=O) groups excluding carboxylic acids is 2. The number of aromatic nitrogens is 1. The summed E-state index contributed by atoms with van der Waals surface area (Å²) >= 11 is 5.90. The quantitative estimate of drug-likeness (QED) is 0.636. The maximum absolute atomic E-state index is 12.7. The summed E-state index contributed by atoms with van der Waals surface area (Å²) in [5.41, 5.74) is 1.79. The van der Waals surface area contributed by atoms with Crippen molar-refractivity contribution >= 4 is 34.9 Å². The van der Waals surface area contributed by atoms with Gasteiger partial charge in [-0.3, -0.25) is 9.59 Å². The van der Waals surface area contributed by atoms with Crippen molar-refractivity contribution in [1.82, 2.24) is 9.88 Å². The summed E-state index contributed by atoms with van der Waals surface area (Å²) in [4.78, 5) is 33.5. The predicted octanol–water partition coefficient (Wildman–Crippen LogP) is 3.96. The van der Waals surface area contributed by atoms with Crippen LogP contribution in [0.1, 0.15) is 20.7 Å². The fraction of sp³-hybridized carbons (Fsp3) is 0.208. The van der Waals surface area contributed by atoms with Gasteiger partial charge in [-0.15, -0.1) is 0 Å². The molecule has 32 heavy (non-hydrogen) atoms. The maximum Gasteiger partial charge on any atom is 0.255 e. The van der Waals surface area contributed by atoms with Crippen LogP contribution < -0.4 is 15.0 Å². The van der Waals surface area contributed by atoms with E-state index in [-0.39, 0.29) is 11.8 Å². The van der Waals surface area contributed by atoms with Gasteiger partial charge >= 0.3 is 0 Å². The van der Waals surface area contributed by atoms with Crippen LogP contribution >= 0.6 is 11.6 Å². The molecule has 8 heteroatoms. The number of amides is 2. The van der Waals surface area contributed by atoms with Crippen molar-refractivity contribution in [1.29, 1.82) is 0 Å². The van der Waals surface area contributed by atoms with E-state index in [4.69, 9.17) is 16.3 Å². The van der Waals surface area contributed by atoms with Crippen molar-refractivity contribution in [2.75, 3.05) is 43.5 Å². The Hall–Kier alpha value is -3.58. The lowest BCUT2D eigenvalue weighted by Gasteiger charge is -2.35. The Balaban J connectivity index is 1.32. The lowest BCUT2D eigenvalue weighted by molar-refractivity contribution is 0.0746. The minimum Gasteiger partial charge on any atom is -0.497 e. The van der Waals surface area contributed by atoms with Gasteiger partial charge in [-0.1, -0.05) is 11.6 Å². The SMILES string of the molecule is COc1ccc(C(=O)Nc2ccc(N3CCN(C(=O)c4ccc(Cl)cc4)CC3)nc2)cc1. The number of ether oxygens (including phenoxy) is 1. The Morgan fingerprint density at radius 1 is 0.906 bits per heavy atom. The summed E-state index contributed by atoms with van der Waals surface area (Å²) in [6.45, 7) is 2.59. The summed E-state index contributed by atoms with van der Waals surface area (Å²) in [5.74, 6) is 1.30. The van der Waals surface area contributed by atoms with E-state index in [1.807, 2.05) is 17.0 Å². The van der Waals surface area contributed by atoms with E-state index in [9.17, 15) is 9.59 Å². The van der Waals surface area contributed by atoms with Crippen LogP contribution in [0.15, 0.2) is 66.9 Å². The number of carbonyl (C=O) groups is 2. The van der Waals surface area contributed by atoms with Crippen LogP contribution in [0.4, 0.5) is 11.5 Å². The second kappa shape index (κ2) is 9.70. The third-order valence-corrected chi connectivity index (χ3v) is 5.59. The first-order valence-electron chi connectivity index (χ1n) is 10.2. The van der Waals surface area contributed by atoms with Crippen LogP contribution in [-0.4, -0.2) is 55.0 Å². The first-order chi connectivity index (χ1) is 15.5. The van der Waals surface area contributed by atoms with Crippen molar-refractivity contribution < 1.29 is 14.3 Å². The average molecular weight is 451 g/mol. The molecule has 1 aliphatic rings. The van der Waals surface area contributed by atoms with Gasteiger partial charge in [0.2, 0.25) is 0 Å². The second-order valence-electron chi connectivity index (χ2n) is 7.37. The Labute approximate surface area is 191 Å². The summed E-state index contributed by atoms with van der Waals surface area (Å²) in [6, 6.07) is 17.6. The second-order valence-corrected chi connectivity index (χ2v) is 7.81. The molecule has 2 amide bonds. The Morgan fingerprint density at radius 3 is 2.16 bits per heavy atom. The molecule has 1 fully saturated rings. The van der Waals surface area contributed by atoms with E-state index in [0.717, 1.165) is 5.82 Å². The van der Waals surface area contributed by atoms with Gasteiger partial charge in [-0.25, -0.2) is 4.98 Å². The molecular weight excluding hydrogens is 428 g/mol. The summed E-state index contributed by atoms with van der Waals surface area (Å²) in [7, 11) is 1.58. The topological polar surface area (TPSA) is 74.8 Å². The predicted molar refractivity (Wildman–Crippen MR) is 125 cm³/mol. The zero-order valence-corrected chi connectivity index (χ0v) is 18.4. The number of pyridine rings is 1. The van der Waals surface area contributed by atoms with Gasteiger partial charge < -0.3 is 19.9 Å². The average Bonchev–Trinajstić information content (AvgIpc) is 2.85. The number of hydrogen-bond acceptors (Lipinski definition) is 5. The molecule has 4 rings (SSSR count). The normalized spacial score (nSPS) is 13.6. The van der Waals surface area contributed by atoms with E-state index >= 15 is 0 Å². The molecule has 0 bridgehead atoms. The van der Waals surface area contributed by atoms with Gasteiger partial charge in [-0.2, -0.15) is 0 Å². The highest BCUT2D eigenvalue weighted by Gasteiger charge is 2.23.